The van der Waals surface area contributed by atoms with Crippen molar-refractivity contribution < 1.29 is 4.74 Å². The van der Waals surface area contributed by atoms with Crippen LogP contribution in [0.1, 0.15) is 19.3 Å². The van der Waals surface area contributed by atoms with Crippen molar-refractivity contribution in [3.8, 4) is 17.1 Å². The molecule has 5 heteroatoms. The Hall–Kier alpha value is -1.88. The Balaban J connectivity index is 1.32. The summed E-state index contributed by atoms with van der Waals surface area (Å²) in [6.07, 6.45) is 5.87. The SMILES string of the molecule is Cn1cnc(-c2ccc(OCC3CN3C3CCC3)cc2)n1. The quantitative estimate of drug-likeness (QED) is 0.789. The summed E-state index contributed by atoms with van der Waals surface area (Å²) >= 11 is 0. The molecule has 0 amide bonds. The maximum atomic E-state index is 5.89. The highest BCUT2D eigenvalue weighted by molar-refractivity contribution is 5.55. The van der Waals surface area contributed by atoms with E-state index in [1.165, 1.54) is 25.8 Å². The zero-order valence-electron chi connectivity index (χ0n) is 12.3. The van der Waals surface area contributed by atoms with Crippen LogP contribution in [0.15, 0.2) is 30.6 Å². The number of ether oxygens (including phenoxy) is 1. The van der Waals surface area contributed by atoms with Gasteiger partial charge in [-0.1, -0.05) is 6.42 Å². The summed E-state index contributed by atoms with van der Waals surface area (Å²) in [5, 5.41) is 4.30. The lowest BCUT2D eigenvalue weighted by Crippen LogP contribution is -2.29. The second-order valence-electron chi connectivity index (χ2n) is 6.01. The number of nitrogens with zero attached hydrogens (tertiary/aromatic N) is 4. The Bertz CT molecular complexity index is 617. The zero-order valence-corrected chi connectivity index (χ0v) is 12.3. The van der Waals surface area contributed by atoms with Gasteiger partial charge in [0.1, 0.15) is 18.7 Å². The van der Waals surface area contributed by atoms with Crippen molar-refractivity contribution >= 4 is 0 Å². The molecule has 1 aliphatic carbocycles. The van der Waals surface area contributed by atoms with Crippen LogP contribution in [0.25, 0.3) is 11.4 Å². The number of hydrogen-bond donors (Lipinski definition) is 0. The molecule has 2 fully saturated rings. The molecule has 1 saturated heterocycles. The standard InChI is InChI=1S/C16H20N4O/c1-19-11-17-16(18-19)12-5-7-15(8-6-12)21-10-14-9-20(14)13-3-2-4-13/h5-8,11,13-14H,2-4,9-10H2,1H3. The molecule has 0 radical (unpaired) electrons. The summed E-state index contributed by atoms with van der Waals surface area (Å²) < 4.78 is 7.60. The van der Waals surface area contributed by atoms with E-state index in [2.05, 4.69) is 15.0 Å². The summed E-state index contributed by atoms with van der Waals surface area (Å²) in [6, 6.07) is 9.51. The monoisotopic (exact) mass is 284 g/mol. The van der Waals surface area contributed by atoms with Crippen molar-refractivity contribution in [2.75, 3.05) is 13.2 Å². The van der Waals surface area contributed by atoms with E-state index in [9.17, 15) is 0 Å². The van der Waals surface area contributed by atoms with E-state index < -0.39 is 0 Å². The molecule has 1 aromatic carbocycles. The van der Waals surface area contributed by atoms with Gasteiger partial charge in [-0.15, -0.1) is 0 Å². The predicted molar refractivity (Wildman–Crippen MR) is 80.1 cm³/mol. The van der Waals surface area contributed by atoms with Crippen molar-refractivity contribution in [1.82, 2.24) is 19.7 Å². The molecule has 2 atom stereocenters. The molecule has 2 aliphatic rings. The average molecular weight is 284 g/mol. The minimum atomic E-state index is 0.632. The highest BCUT2D eigenvalue weighted by atomic mass is 16.5. The van der Waals surface area contributed by atoms with E-state index in [-0.39, 0.29) is 0 Å². The van der Waals surface area contributed by atoms with Crippen LogP contribution in [-0.4, -0.2) is 44.9 Å². The lowest BCUT2D eigenvalue weighted by atomic mass is 9.93. The molecule has 1 saturated carbocycles. The van der Waals surface area contributed by atoms with Crippen LogP contribution in [0.3, 0.4) is 0 Å². The summed E-state index contributed by atoms with van der Waals surface area (Å²) in [6.45, 7) is 2.01. The third-order valence-corrected chi connectivity index (χ3v) is 4.46. The van der Waals surface area contributed by atoms with Crippen LogP contribution in [0, 0.1) is 0 Å². The molecular weight excluding hydrogens is 264 g/mol. The first-order valence-electron chi connectivity index (χ1n) is 7.64. The summed E-state index contributed by atoms with van der Waals surface area (Å²) in [4.78, 5) is 6.81. The van der Waals surface area contributed by atoms with E-state index in [0.717, 1.165) is 29.8 Å². The number of benzene rings is 1. The van der Waals surface area contributed by atoms with Gasteiger partial charge < -0.3 is 4.74 Å². The Labute approximate surface area is 124 Å². The first kappa shape index (κ1) is 12.8. The molecule has 5 nitrogen and oxygen atoms in total. The van der Waals surface area contributed by atoms with Crippen LogP contribution in [0.4, 0.5) is 0 Å². The summed E-state index contributed by atoms with van der Waals surface area (Å²) in [7, 11) is 1.87. The first-order chi connectivity index (χ1) is 10.3. The van der Waals surface area contributed by atoms with E-state index in [1.807, 2.05) is 31.3 Å². The Morgan fingerprint density at radius 3 is 2.67 bits per heavy atom. The van der Waals surface area contributed by atoms with Gasteiger partial charge in [-0.25, -0.2) is 4.98 Å². The average Bonchev–Trinajstić information content (AvgIpc) is 3.05. The van der Waals surface area contributed by atoms with E-state index in [4.69, 9.17) is 4.74 Å². The molecule has 21 heavy (non-hydrogen) atoms. The van der Waals surface area contributed by atoms with Crippen LogP contribution in [0.5, 0.6) is 5.75 Å². The molecule has 4 rings (SSSR count). The van der Waals surface area contributed by atoms with Crippen molar-refractivity contribution in [2.45, 2.75) is 31.3 Å². The predicted octanol–water partition coefficient (Wildman–Crippen LogP) is 2.10. The number of rotatable bonds is 5. The van der Waals surface area contributed by atoms with E-state index >= 15 is 0 Å². The van der Waals surface area contributed by atoms with Gasteiger partial charge in [0.25, 0.3) is 0 Å². The summed E-state index contributed by atoms with van der Waals surface area (Å²) in [5.41, 5.74) is 1.02. The van der Waals surface area contributed by atoms with Crippen LogP contribution in [0.2, 0.25) is 0 Å². The van der Waals surface area contributed by atoms with Gasteiger partial charge in [0, 0.05) is 25.2 Å². The first-order valence-corrected chi connectivity index (χ1v) is 7.64. The summed E-state index contributed by atoms with van der Waals surface area (Å²) in [5.74, 6) is 1.68. The van der Waals surface area contributed by atoms with Gasteiger partial charge in [0.15, 0.2) is 5.82 Å². The van der Waals surface area contributed by atoms with Crippen molar-refractivity contribution in [2.24, 2.45) is 7.05 Å². The van der Waals surface area contributed by atoms with E-state index in [1.54, 1.807) is 11.0 Å². The maximum absolute atomic E-state index is 5.89. The fraction of sp³-hybridized carbons (Fsp3) is 0.500. The second kappa shape index (κ2) is 5.15. The Kier molecular flexibility index (Phi) is 3.15. The van der Waals surface area contributed by atoms with E-state index in [0.29, 0.717) is 6.04 Å². The molecule has 110 valence electrons. The molecule has 0 N–H and O–H groups in total. The fourth-order valence-electron chi connectivity index (χ4n) is 2.87. The Morgan fingerprint density at radius 1 is 1.24 bits per heavy atom. The lowest BCUT2D eigenvalue weighted by molar-refractivity contribution is 0.215. The minimum Gasteiger partial charge on any atom is -0.492 e. The topological polar surface area (TPSA) is 43.0 Å². The molecule has 0 spiro atoms. The van der Waals surface area contributed by atoms with Crippen molar-refractivity contribution in [3.05, 3.63) is 30.6 Å². The van der Waals surface area contributed by atoms with Gasteiger partial charge in [0.2, 0.25) is 0 Å². The molecule has 0 bridgehead atoms. The second-order valence-corrected chi connectivity index (χ2v) is 6.01. The number of aromatic nitrogens is 3. The Morgan fingerprint density at radius 2 is 2.05 bits per heavy atom. The molecule has 1 aliphatic heterocycles. The van der Waals surface area contributed by atoms with Gasteiger partial charge in [0.05, 0.1) is 6.04 Å². The fourth-order valence-corrected chi connectivity index (χ4v) is 2.87. The third kappa shape index (κ3) is 2.65. The van der Waals surface area contributed by atoms with Crippen LogP contribution in [-0.2, 0) is 7.05 Å². The van der Waals surface area contributed by atoms with Gasteiger partial charge in [-0.2, -0.15) is 5.10 Å². The molecule has 1 aromatic heterocycles. The highest BCUT2D eigenvalue weighted by Gasteiger charge is 2.42. The molecule has 2 heterocycles. The third-order valence-electron chi connectivity index (χ3n) is 4.46. The van der Waals surface area contributed by atoms with Gasteiger partial charge in [-0.3, -0.25) is 9.58 Å². The molecule has 2 unspecified atom stereocenters. The van der Waals surface area contributed by atoms with Crippen molar-refractivity contribution in [3.63, 3.8) is 0 Å². The molecule has 2 aromatic rings. The normalized spacial score (nSPS) is 24.6. The number of aryl methyl sites for hydroxylation is 1. The van der Waals surface area contributed by atoms with Crippen LogP contribution < -0.4 is 4.74 Å². The van der Waals surface area contributed by atoms with Crippen LogP contribution >= 0.6 is 0 Å². The largest absolute Gasteiger partial charge is 0.492 e. The zero-order chi connectivity index (χ0) is 14.2. The highest BCUT2D eigenvalue weighted by Crippen LogP contribution is 2.33. The lowest BCUT2D eigenvalue weighted by Gasteiger charge is -2.27. The van der Waals surface area contributed by atoms with Crippen molar-refractivity contribution in [1.29, 1.82) is 0 Å². The van der Waals surface area contributed by atoms with Gasteiger partial charge in [-0.05, 0) is 37.1 Å². The number of hydrogen-bond acceptors (Lipinski definition) is 4. The minimum absolute atomic E-state index is 0.632. The maximum Gasteiger partial charge on any atom is 0.181 e. The smallest absolute Gasteiger partial charge is 0.181 e. The van der Waals surface area contributed by atoms with Gasteiger partial charge >= 0.3 is 0 Å². The molecular formula is C16H20N4O.